The minimum atomic E-state index is -0.326. The first-order chi connectivity index (χ1) is 10.2. The minimum Gasteiger partial charge on any atom is -0.395 e. The van der Waals surface area contributed by atoms with E-state index in [0.717, 1.165) is 17.8 Å². The number of nitrogens with zero attached hydrogens (tertiary/aromatic N) is 3. The molecule has 1 aromatic carbocycles. The van der Waals surface area contributed by atoms with Gasteiger partial charge in [0.25, 0.3) is 5.91 Å². The topological polar surface area (TPSA) is 80.0 Å². The number of aliphatic hydroxyl groups excluding tert-OH is 1. The summed E-state index contributed by atoms with van der Waals surface area (Å²) in [5.41, 5.74) is 1.84. The number of halogens is 1. The van der Waals surface area contributed by atoms with E-state index in [9.17, 15) is 4.79 Å². The number of hydrogen-bond donors (Lipinski definition) is 2. The van der Waals surface area contributed by atoms with Gasteiger partial charge in [-0.3, -0.25) is 4.79 Å². The predicted molar refractivity (Wildman–Crippen MR) is 79.8 cm³/mol. The van der Waals surface area contributed by atoms with Gasteiger partial charge >= 0.3 is 0 Å². The van der Waals surface area contributed by atoms with Gasteiger partial charge in [-0.15, -0.1) is 5.10 Å². The second-order valence-electron chi connectivity index (χ2n) is 4.50. The summed E-state index contributed by atoms with van der Waals surface area (Å²) < 4.78 is 1.65. The van der Waals surface area contributed by atoms with E-state index in [2.05, 4.69) is 15.6 Å². The molecule has 0 bridgehead atoms. The van der Waals surface area contributed by atoms with Crippen molar-refractivity contribution in [3.8, 4) is 5.69 Å². The fourth-order valence-electron chi connectivity index (χ4n) is 1.98. The zero-order valence-corrected chi connectivity index (χ0v) is 12.5. The summed E-state index contributed by atoms with van der Waals surface area (Å²) in [5, 5.41) is 20.0. The second kappa shape index (κ2) is 7.19. The molecule has 2 N–H and O–H groups in total. The lowest BCUT2D eigenvalue weighted by atomic mass is 10.2. The summed E-state index contributed by atoms with van der Waals surface area (Å²) in [6.45, 7) is 2.10. The Morgan fingerprint density at radius 1 is 1.38 bits per heavy atom. The van der Waals surface area contributed by atoms with Crippen LogP contribution in [0.4, 0.5) is 0 Å². The Balaban J connectivity index is 2.36. The number of amides is 1. The van der Waals surface area contributed by atoms with Crippen molar-refractivity contribution >= 4 is 17.5 Å². The number of aromatic nitrogens is 3. The van der Waals surface area contributed by atoms with Crippen LogP contribution >= 0.6 is 11.6 Å². The predicted octanol–water partition coefficient (Wildman–Crippen LogP) is 1.60. The molecule has 0 aliphatic heterocycles. The molecule has 0 radical (unpaired) electrons. The van der Waals surface area contributed by atoms with Crippen LogP contribution in [0, 0.1) is 0 Å². The molecule has 21 heavy (non-hydrogen) atoms. The Labute approximate surface area is 127 Å². The van der Waals surface area contributed by atoms with Gasteiger partial charge in [0.05, 0.1) is 18.0 Å². The molecule has 0 fully saturated rings. The molecule has 1 amide bonds. The van der Waals surface area contributed by atoms with Crippen molar-refractivity contribution in [2.24, 2.45) is 0 Å². The van der Waals surface area contributed by atoms with Crippen molar-refractivity contribution in [3.63, 3.8) is 0 Å². The zero-order chi connectivity index (χ0) is 15.2. The van der Waals surface area contributed by atoms with Crippen LogP contribution < -0.4 is 5.32 Å². The van der Waals surface area contributed by atoms with Gasteiger partial charge in [-0.2, -0.15) is 0 Å². The third-order valence-corrected chi connectivity index (χ3v) is 3.19. The Bertz CT molecular complexity index is 610. The van der Waals surface area contributed by atoms with Crippen LogP contribution in [0.5, 0.6) is 0 Å². The van der Waals surface area contributed by atoms with Crippen molar-refractivity contribution in [1.29, 1.82) is 0 Å². The lowest BCUT2D eigenvalue weighted by Crippen LogP contribution is -2.27. The normalized spacial score (nSPS) is 10.6. The molecule has 2 rings (SSSR count). The van der Waals surface area contributed by atoms with Crippen LogP contribution in [0.25, 0.3) is 5.69 Å². The summed E-state index contributed by atoms with van der Waals surface area (Å²) in [4.78, 5) is 12.0. The monoisotopic (exact) mass is 308 g/mol. The molecule has 2 aromatic rings. The minimum absolute atomic E-state index is 0.111. The van der Waals surface area contributed by atoms with Crippen molar-refractivity contribution < 1.29 is 9.90 Å². The van der Waals surface area contributed by atoms with Crippen LogP contribution in [0.15, 0.2) is 24.3 Å². The van der Waals surface area contributed by atoms with Crippen LogP contribution in [0.1, 0.15) is 29.5 Å². The Morgan fingerprint density at radius 2 is 2.10 bits per heavy atom. The van der Waals surface area contributed by atoms with Gasteiger partial charge in [0, 0.05) is 11.6 Å². The van der Waals surface area contributed by atoms with Crippen LogP contribution in [-0.4, -0.2) is 39.2 Å². The van der Waals surface area contributed by atoms with Crippen molar-refractivity contribution in [2.45, 2.75) is 19.8 Å². The first-order valence-corrected chi connectivity index (χ1v) is 7.14. The largest absolute Gasteiger partial charge is 0.395 e. The summed E-state index contributed by atoms with van der Waals surface area (Å²) >= 11 is 5.88. The number of carbonyl (C=O) groups excluding carboxylic acids is 1. The highest BCUT2D eigenvalue weighted by atomic mass is 35.5. The van der Waals surface area contributed by atoms with Gasteiger partial charge in [-0.1, -0.05) is 30.2 Å². The first kappa shape index (κ1) is 15.5. The van der Waals surface area contributed by atoms with E-state index in [0.29, 0.717) is 17.1 Å². The highest BCUT2D eigenvalue weighted by molar-refractivity contribution is 6.30. The lowest BCUT2D eigenvalue weighted by Gasteiger charge is -2.07. The fourth-order valence-corrected chi connectivity index (χ4v) is 2.11. The molecule has 6 nitrogen and oxygen atoms in total. The molecule has 0 atom stereocenters. The third-order valence-electron chi connectivity index (χ3n) is 2.93. The molecule has 7 heteroatoms. The molecule has 0 spiro atoms. The molecular formula is C14H17ClN4O2. The van der Waals surface area contributed by atoms with Gasteiger partial charge in [0.15, 0.2) is 5.69 Å². The average Bonchev–Trinajstić information content (AvgIpc) is 2.90. The number of benzene rings is 1. The fraction of sp³-hybridized carbons (Fsp3) is 0.357. The van der Waals surface area contributed by atoms with Crippen molar-refractivity contribution in [2.75, 3.05) is 13.2 Å². The van der Waals surface area contributed by atoms with E-state index in [1.54, 1.807) is 16.8 Å². The van der Waals surface area contributed by atoms with Crippen LogP contribution in [0.2, 0.25) is 5.02 Å². The van der Waals surface area contributed by atoms with Crippen molar-refractivity contribution in [3.05, 3.63) is 40.7 Å². The Morgan fingerprint density at radius 3 is 2.71 bits per heavy atom. The van der Waals surface area contributed by atoms with Crippen LogP contribution in [0.3, 0.4) is 0 Å². The molecule has 112 valence electrons. The third kappa shape index (κ3) is 3.59. The molecular weight excluding hydrogens is 292 g/mol. The standard InChI is InChI=1S/C14H17ClN4O2/c1-2-3-12-13(14(21)16-8-9-20)17-18-19(12)11-6-4-10(15)5-7-11/h4-7,20H,2-3,8-9H2,1H3,(H,16,21). The second-order valence-corrected chi connectivity index (χ2v) is 4.94. The van der Waals surface area contributed by atoms with Gasteiger partial charge in [-0.05, 0) is 30.7 Å². The number of rotatable bonds is 6. The van der Waals surface area contributed by atoms with E-state index >= 15 is 0 Å². The molecule has 1 aromatic heterocycles. The van der Waals surface area contributed by atoms with E-state index in [1.807, 2.05) is 19.1 Å². The molecule has 0 aliphatic carbocycles. The van der Waals surface area contributed by atoms with E-state index < -0.39 is 0 Å². The SMILES string of the molecule is CCCc1c(C(=O)NCCO)nnn1-c1ccc(Cl)cc1. The summed E-state index contributed by atoms with van der Waals surface area (Å²) in [7, 11) is 0. The van der Waals surface area contributed by atoms with E-state index in [-0.39, 0.29) is 19.1 Å². The summed E-state index contributed by atoms with van der Waals surface area (Å²) in [6.07, 6.45) is 1.54. The summed E-state index contributed by atoms with van der Waals surface area (Å²) in [5.74, 6) is -0.326. The summed E-state index contributed by atoms with van der Waals surface area (Å²) in [6, 6.07) is 7.18. The highest BCUT2D eigenvalue weighted by Gasteiger charge is 2.19. The highest BCUT2D eigenvalue weighted by Crippen LogP contribution is 2.17. The lowest BCUT2D eigenvalue weighted by molar-refractivity contribution is 0.0938. The Hall–Kier alpha value is -1.92. The average molecular weight is 309 g/mol. The molecule has 0 aliphatic rings. The zero-order valence-electron chi connectivity index (χ0n) is 11.7. The van der Waals surface area contributed by atoms with E-state index in [1.165, 1.54) is 0 Å². The Kier molecular flexibility index (Phi) is 5.30. The van der Waals surface area contributed by atoms with E-state index in [4.69, 9.17) is 16.7 Å². The first-order valence-electron chi connectivity index (χ1n) is 6.77. The number of carbonyl (C=O) groups is 1. The number of aliphatic hydroxyl groups is 1. The maximum Gasteiger partial charge on any atom is 0.273 e. The van der Waals surface area contributed by atoms with Crippen LogP contribution in [-0.2, 0) is 6.42 Å². The molecule has 1 heterocycles. The van der Waals surface area contributed by atoms with Gasteiger partial charge < -0.3 is 10.4 Å². The van der Waals surface area contributed by atoms with Gasteiger partial charge in [0.2, 0.25) is 0 Å². The molecule has 0 saturated carbocycles. The van der Waals surface area contributed by atoms with Crippen molar-refractivity contribution in [1.82, 2.24) is 20.3 Å². The maximum absolute atomic E-state index is 12.0. The number of nitrogens with one attached hydrogen (secondary N) is 1. The molecule has 0 saturated heterocycles. The smallest absolute Gasteiger partial charge is 0.273 e. The maximum atomic E-state index is 12.0. The number of hydrogen-bond acceptors (Lipinski definition) is 4. The van der Waals surface area contributed by atoms with Gasteiger partial charge in [0.1, 0.15) is 0 Å². The quantitative estimate of drug-likeness (QED) is 0.849. The van der Waals surface area contributed by atoms with Gasteiger partial charge in [-0.25, -0.2) is 4.68 Å². The molecule has 0 unspecified atom stereocenters.